The molecule has 1 saturated heterocycles. The van der Waals surface area contributed by atoms with E-state index in [0.717, 1.165) is 0 Å². The van der Waals surface area contributed by atoms with Crippen LogP contribution in [0.3, 0.4) is 0 Å². The van der Waals surface area contributed by atoms with Gasteiger partial charge in [-0.3, -0.25) is 4.79 Å². The molecule has 0 radical (unpaired) electrons. The maximum Gasteiger partial charge on any atom is 0.157 e. The van der Waals surface area contributed by atoms with E-state index in [2.05, 4.69) is 0 Å². The van der Waals surface area contributed by atoms with Crippen LogP contribution in [0.15, 0.2) is 0 Å². The van der Waals surface area contributed by atoms with Crippen molar-refractivity contribution in [3.05, 3.63) is 0 Å². The Balaban J connectivity index is 2.11. The molecule has 0 spiro atoms. The van der Waals surface area contributed by atoms with Crippen molar-refractivity contribution in [1.82, 2.24) is 0 Å². The van der Waals surface area contributed by atoms with E-state index < -0.39 is 0 Å². The Morgan fingerprint density at radius 3 is 2.67 bits per heavy atom. The van der Waals surface area contributed by atoms with Gasteiger partial charge >= 0.3 is 0 Å². The second kappa shape index (κ2) is 4.54. The zero-order chi connectivity index (χ0) is 8.97. The van der Waals surface area contributed by atoms with Gasteiger partial charge in [0.25, 0.3) is 0 Å². The van der Waals surface area contributed by atoms with Crippen molar-refractivity contribution in [2.24, 2.45) is 5.73 Å². The molecule has 1 rings (SSSR count). The van der Waals surface area contributed by atoms with Crippen molar-refractivity contribution in [3.63, 3.8) is 0 Å². The Labute approximate surface area is 72.0 Å². The lowest BCUT2D eigenvalue weighted by molar-refractivity contribution is -0.118. The van der Waals surface area contributed by atoms with E-state index in [1.807, 2.05) is 0 Å². The van der Waals surface area contributed by atoms with Crippen LogP contribution in [-0.2, 0) is 14.3 Å². The van der Waals surface area contributed by atoms with Crippen LogP contribution in [0.2, 0.25) is 0 Å². The van der Waals surface area contributed by atoms with Gasteiger partial charge in [0.1, 0.15) is 5.78 Å². The average molecular weight is 173 g/mol. The van der Waals surface area contributed by atoms with Gasteiger partial charge in [-0.25, -0.2) is 0 Å². The fraction of sp³-hybridized carbons (Fsp3) is 0.875. The van der Waals surface area contributed by atoms with Gasteiger partial charge in [-0.05, 0) is 13.3 Å². The second-order valence-electron chi connectivity index (χ2n) is 2.97. The van der Waals surface area contributed by atoms with Crippen LogP contribution in [0.4, 0.5) is 0 Å². The van der Waals surface area contributed by atoms with Crippen molar-refractivity contribution >= 4 is 5.78 Å². The quantitative estimate of drug-likeness (QED) is 0.652. The summed E-state index contributed by atoms with van der Waals surface area (Å²) in [6.07, 6.45) is 1.20. The van der Waals surface area contributed by atoms with Gasteiger partial charge in [0.05, 0.1) is 19.3 Å². The molecule has 12 heavy (non-hydrogen) atoms. The SMILES string of the molecule is CC(=O)C(N)CCC1OCCO1. The fourth-order valence-corrected chi connectivity index (χ4v) is 1.09. The molecule has 2 N–H and O–H groups in total. The number of hydrogen-bond donors (Lipinski definition) is 1. The van der Waals surface area contributed by atoms with E-state index >= 15 is 0 Å². The first-order valence-corrected chi connectivity index (χ1v) is 4.19. The largest absolute Gasteiger partial charge is 0.350 e. The minimum atomic E-state index is -0.363. The minimum Gasteiger partial charge on any atom is -0.350 e. The molecular formula is C8H15NO3. The normalized spacial score (nSPS) is 21.2. The first-order valence-electron chi connectivity index (χ1n) is 4.19. The third-order valence-corrected chi connectivity index (χ3v) is 1.93. The number of hydrogen-bond acceptors (Lipinski definition) is 4. The molecule has 0 aliphatic carbocycles. The molecule has 0 bridgehead atoms. The molecule has 1 heterocycles. The molecule has 1 fully saturated rings. The zero-order valence-corrected chi connectivity index (χ0v) is 7.29. The summed E-state index contributed by atoms with van der Waals surface area (Å²) < 4.78 is 10.4. The summed E-state index contributed by atoms with van der Waals surface area (Å²) >= 11 is 0. The molecular weight excluding hydrogens is 158 g/mol. The number of nitrogens with two attached hydrogens (primary N) is 1. The number of ether oxygens (including phenoxy) is 2. The lowest BCUT2D eigenvalue weighted by Crippen LogP contribution is -2.29. The maximum atomic E-state index is 10.7. The van der Waals surface area contributed by atoms with Crippen molar-refractivity contribution in [2.45, 2.75) is 32.1 Å². The highest BCUT2D eigenvalue weighted by Crippen LogP contribution is 2.11. The molecule has 70 valence electrons. The molecule has 1 aliphatic rings. The molecule has 0 aromatic heterocycles. The van der Waals surface area contributed by atoms with Gasteiger partial charge in [-0.2, -0.15) is 0 Å². The molecule has 4 heteroatoms. The highest BCUT2D eigenvalue weighted by Gasteiger charge is 2.18. The van der Waals surface area contributed by atoms with Crippen molar-refractivity contribution < 1.29 is 14.3 Å². The van der Waals surface area contributed by atoms with Gasteiger partial charge in [-0.15, -0.1) is 0 Å². The van der Waals surface area contributed by atoms with Crippen molar-refractivity contribution in [3.8, 4) is 0 Å². The molecule has 1 atom stereocenters. The summed E-state index contributed by atoms with van der Waals surface area (Å²) in [5.74, 6) is 0.0213. The van der Waals surface area contributed by atoms with Gasteiger partial charge in [0, 0.05) is 6.42 Å². The number of carbonyl (C=O) groups excluding carboxylic acids is 1. The predicted octanol–water partition coefficient (Wildman–Crippen LogP) is 0.0558. The molecule has 1 aliphatic heterocycles. The Morgan fingerprint density at radius 1 is 1.58 bits per heavy atom. The maximum absolute atomic E-state index is 10.7. The fourth-order valence-electron chi connectivity index (χ4n) is 1.09. The summed E-state index contributed by atoms with van der Waals surface area (Å²) in [5, 5.41) is 0. The Bertz CT molecular complexity index is 154. The average Bonchev–Trinajstić information content (AvgIpc) is 2.51. The van der Waals surface area contributed by atoms with Gasteiger partial charge in [0.2, 0.25) is 0 Å². The first-order chi connectivity index (χ1) is 5.70. The highest BCUT2D eigenvalue weighted by molar-refractivity contribution is 5.81. The van der Waals surface area contributed by atoms with Crippen LogP contribution < -0.4 is 5.73 Å². The topological polar surface area (TPSA) is 61.6 Å². The van der Waals surface area contributed by atoms with Crippen LogP contribution in [-0.4, -0.2) is 31.3 Å². The van der Waals surface area contributed by atoms with E-state index in [1.165, 1.54) is 6.92 Å². The van der Waals surface area contributed by atoms with E-state index in [0.29, 0.717) is 26.1 Å². The van der Waals surface area contributed by atoms with Gasteiger partial charge in [-0.1, -0.05) is 0 Å². The third kappa shape index (κ3) is 2.89. The standard InChI is InChI=1S/C8H15NO3/c1-6(10)7(9)2-3-8-11-4-5-12-8/h7-8H,2-5,9H2,1H3. The lowest BCUT2D eigenvalue weighted by Gasteiger charge is -2.11. The summed E-state index contributed by atoms with van der Waals surface area (Å²) in [7, 11) is 0. The minimum absolute atomic E-state index is 0.0213. The monoisotopic (exact) mass is 173 g/mol. The van der Waals surface area contributed by atoms with E-state index in [-0.39, 0.29) is 18.1 Å². The molecule has 0 aromatic rings. The van der Waals surface area contributed by atoms with Crippen molar-refractivity contribution in [1.29, 1.82) is 0 Å². The molecule has 0 aromatic carbocycles. The number of ketones is 1. The predicted molar refractivity (Wildman–Crippen MR) is 43.6 cm³/mol. The Kier molecular flexibility index (Phi) is 3.65. The van der Waals surface area contributed by atoms with E-state index in [9.17, 15) is 4.79 Å². The Morgan fingerprint density at radius 2 is 2.17 bits per heavy atom. The van der Waals surface area contributed by atoms with Crippen LogP contribution >= 0.6 is 0 Å². The number of rotatable bonds is 4. The van der Waals surface area contributed by atoms with Crippen molar-refractivity contribution in [2.75, 3.05) is 13.2 Å². The third-order valence-electron chi connectivity index (χ3n) is 1.93. The lowest BCUT2D eigenvalue weighted by atomic mass is 10.1. The smallest absolute Gasteiger partial charge is 0.157 e. The highest BCUT2D eigenvalue weighted by atomic mass is 16.7. The van der Waals surface area contributed by atoms with Crippen LogP contribution in [0.25, 0.3) is 0 Å². The van der Waals surface area contributed by atoms with Gasteiger partial charge in [0.15, 0.2) is 6.29 Å². The zero-order valence-electron chi connectivity index (χ0n) is 7.29. The Hall–Kier alpha value is -0.450. The first kappa shape index (κ1) is 9.64. The van der Waals surface area contributed by atoms with E-state index in [1.54, 1.807) is 0 Å². The molecule has 0 amide bonds. The van der Waals surface area contributed by atoms with Crippen LogP contribution in [0.1, 0.15) is 19.8 Å². The van der Waals surface area contributed by atoms with Crippen LogP contribution in [0, 0.1) is 0 Å². The molecule has 0 saturated carbocycles. The second-order valence-corrected chi connectivity index (χ2v) is 2.97. The molecule has 1 unspecified atom stereocenters. The van der Waals surface area contributed by atoms with E-state index in [4.69, 9.17) is 15.2 Å². The summed E-state index contributed by atoms with van der Waals surface area (Å²) in [5.41, 5.74) is 5.53. The summed E-state index contributed by atoms with van der Waals surface area (Å²) in [6.45, 7) is 2.81. The van der Waals surface area contributed by atoms with Gasteiger partial charge < -0.3 is 15.2 Å². The summed E-state index contributed by atoms with van der Waals surface area (Å²) in [6, 6.07) is -0.363. The number of carbonyl (C=O) groups is 1. The number of Topliss-reactive ketones (excluding diaryl/α,β-unsaturated/α-hetero) is 1. The molecule has 4 nitrogen and oxygen atoms in total. The van der Waals surface area contributed by atoms with Crippen LogP contribution in [0.5, 0.6) is 0 Å². The summed E-state index contributed by atoms with van der Waals surface area (Å²) in [4.78, 5) is 10.7.